The average Bonchev–Trinajstić information content (AvgIpc) is 2.77. The van der Waals surface area contributed by atoms with Gasteiger partial charge < -0.3 is 10.3 Å². The lowest BCUT2D eigenvalue weighted by molar-refractivity contribution is 0.365. The summed E-state index contributed by atoms with van der Waals surface area (Å²) < 4.78 is 2.23. The van der Waals surface area contributed by atoms with E-state index in [0.29, 0.717) is 5.92 Å². The molecule has 3 rings (SSSR count). The molecule has 2 unspecified atom stereocenters. The molecule has 2 aromatic heterocycles. The summed E-state index contributed by atoms with van der Waals surface area (Å²) >= 11 is 0. The highest BCUT2D eigenvalue weighted by Crippen LogP contribution is 2.32. The summed E-state index contributed by atoms with van der Waals surface area (Å²) in [6.45, 7) is 3.06. The van der Waals surface area contributed by atoms with Gasteiger partial charge in [0.15, 0.2) is 5.65 Å². The van der Waals surface area contributed by atoms with Crippen molar-refractivity contribution < 1.29 is 0 Å². The highest BCUT2D eigenvalue weighted by atomic mass is 15.1. The second kappa shape index (κ2) is 4.69. The Morgan fingerprint density at radius 3 is 3.00 bits per heavy atom. The zero-order valence-corrected chi connectivity index (χ0v) is 10.8. The van der Waals surface area contributed by atoms with Crippen LogP contribution < -0.4 is 5.73 Å². The number of aromatic nitrogens is 3. The summed E-state index contributed by atoms with van der Waals surface area (Å²) in [4.78, 5) is 9.23. The van der Waals surface area contributed by atoms with Gasteiger partial charge >= 0.3 is 0 Å². The molecule has 96 valence electrons. The van der Waals surface area contributed by atoms with Crippen molar-refractivity contribution in [2.24, 2.45) is 5.73 Å². The quantitative estimate of drug-likeness (QED) is 0.882. The maximum absolute atomic E-state index is 6.28. The molecule has 1 aliphatic rings. The van der Waals surface area contributed by atoms with Crippen molar-refractivity contribution in [3.63, 3.8) is 0 Å². The van der Waals surface area contributed by atoms with E-state index in [2.05, 4.69) is 16.5 Å². The second-order valence-electron chi connectivity index (χ2n) is 5.12. The number of nitrogens with zero attached hydrogens (tertiary/aromatic N) is 3. The van der Waals surface area contributed by atoms with Gasteiger partial charge in [-0.05, 0) is 31.9 Å². The third-order valence-electron chi connectivity index (χ3n) is 4.00. The Hall–Kier alpha value is -1.42. The fraction of sp³-hybridized carbons (Fsp3) is 0.571. The molecule has 2 atom stereocenters. The minimum Gasteiger partial charge on any atom is -0.327 e. The first-order valence-electron chi connectivity index (χ1n) is 6.88. The molecule has 1 fully saturated rings. The molecule has 2 aromatic rings. The third kappa shape index (κ3) is 1.81. The summed E-state index contributed by atoms with van der Waals surface area (Å²) in [6.07, 6.45) is 6.62. The second-order valence-corrected chi connectivity index (χ2v) is 5.12. The fourth-order valence-corrected chi connectivity index (χ4v) is 3.05. The molecule has 2 N–H and O–H groups in total. The molecule has 4 nitrogen and oxygen atoms in total. The molecule has 1 aliphatic carbocycles. The summed E-state index contributed by atoms with van der Waals surface area (Å²) in [6, 6.07) is 4.23. The van der Waals surface area contributed by atoms with Crippen LogP contribution in [-0.4, -0.2) is 20.6 Å². The number of imidazole rings is 1. The molecule has 2 heterocycles. The van der Waals surface area contributed by atoms with Crippen LogP contribution in [0.25, 0.3) is 11.2 Å². The van der Waals surface area contributed by atoms with Gasteiger partial charge in [-0.1, -0.05) is 12.8 Å². The maximum atomic E-state index is 6.28. The molecule has 0 aliphatic heterocycles. The summed E-state index contributed by atoms with van der Waals surface area (Å²) in [7, 11) is 0. The zero-order chi connectivity index (χ0) is 12.5. The van der Waals surface area contributed by atoms with Crippen molar-refractivity contribution in [1.82, 2.24) is 14.5 Å². The van der Waals surface area contributed by atoms with Crippen molar-refractivity contribution in [2.45, 2.75) is 51.1 Å². The Morgan fingerprint density at radius 1 is 1.39 bits per heavy atom. The molecular formula is C14H20N4. The number of fused-ring (bicyclic) bond motifs is 1. The molecule has 0 amide bonds. The van der Waals surface area contributed by atoms with E-state index >= 15 is 0 Å². The van der Waals surface area contributed by atoms with Gasteiger partial charge in [-0.2, -0.15) is 0 Å². The lowest BCUT2D eigenvalue weighted by Crippen LogP contribution is -2.33. The predicted molar refractivity (Wildman–Crippen MR) is 72.4 cm³/mol. The normalized spacial score (nSPS) is 24.6. The van der Waals surface area contributed by atoms with Crippen LogP contribution in [0.3, 0.4) is 0 Å². The van der Waals surface area contributed by atoms with Crippen molar-refractivity contribution >= 4 is 11.2 Å². The largest absolute Gasteiger partial charge is 0.327 e. The molecule has 0 spiro atoms. The van der Waals surface area contributed by atoms with Crippen LogP contribution in [0.5, 0.6) is 0 Å². The topological polar surface area (TPSA) is 56.7 Å². The van der Waals surface area contributed by atoms with Crippen LogP contribution in [0, 0.1) is 0 Å². The van der Waals surface area contributed by atoms with Crippen LogP contribution >= 0.6 is 0 Å². The monoisotopic (exact) mass is 244 g/mol. The van der Waals surface area contributed by atoms with Gasteiger partial charge in [-0.25, -0.2) is 9.97 Å². The Balaban J connectivity index is 2.10. The van der Waals surface area contributed by atoms with E-state index in [1.165, 1.54) is 12.8 Å². The molecule has 0 aromatic carbocycles. The molecule has 1 saturated carbocycles. The first-order valence-corrected chi connectivity index (χ1v) is 6.88. The van der Waals surface area contributed by atoms with Gasteiger partial charge in [0.25, 0.3) is 0 Å². The lowest BCUT2D eigenvalue weighted by atomic mass is 9.84. The van der Waals surface area contributed by atoms with Crippen LogP contribution in [0.4, 0.5) is 0 Å². The maximum Gasteiger partial charge on any atom is 0.159 e. The van der Waals surface area contributed by atoms with Crippen LogP contribution in [-0.2, 0) is 6.54 Å². The van der Waals surface area contributed by atoms with Crippen LogP contribution in [0.15, 0.2) is 18.3 Å². The molecule has 0 bridgehead atoms. The smallest absolute Gasteiger partial charge is 0.159 e. The van der Waals surface area contributed by atoms with E-state index in [1.807, 2.05) is 18.3 Å². The Bertz CT molecular complexity index is 546. The van der Waals surface area contributed by atoms with Crippen LogP contribution in [0.1, 0.15) is 44.3 Å². The molecule has 0 radical (unpaired) electrons. The first kappa shape index (κ1) is 11.7. The van der Waals surface area contributed by atoms with Gasteiger partial charge in [0, 0.05) is 24.7 Å². The number of nitrogens with two attached hydrogens (primary N) is 1. The molecule has 4 heteroatoms. The van der Waals surface area contributed by atoms with Gasteiger partial charge in [0.2, 0.25) is 0 Å². The number of aryl methyl sites for hydroxylation is 1. The summed E-state index contributed by atoms with van der Waals surface area (Å²) in [5.74, 6) is 1.53. The minimum atomic E-state index is 0.251. The molecule has 18 heavy (non-hydrogen) atoms. The number of hydrogen-bond acceptors (Lipinski definition) is 3. The first-order chi connectivity index (χ1) is 8.81. The minimum absolute atomic E-state index is 0.251. The number of rotatable bonds is 2. The van der Waals surface area contributed by atoms with Crippen LogP contribution in [0.2, 0.25) is 0 Å². The van der Waals surface area contributed by atoms with Crippen molar-refractivity contribution in [3.8, 4) is 0 Å². The van der Waals surface area contributed by atoms with Crippen molar-refractivity contribution in [2.75, 3.05) is 0 Å². The zero-order valence-electron chi connectivity index (χ0n) is 10.8. The number of pyridine rings is 1. The number of hydrogen-bond donors (Lipinski definition) is 1. The highest BCUT2D eigenvalue weighted by molar-refractivity contribution is 5.71. The van der Waals surface area contributed by atoms with Crippen molar-refractivity contribution in [1.29, 1.82) is 0 Å². The van der Waals surface area contributed by atoms with E-state index in [0.717, 1.165) is 36.4 Å². The SMILES string of the molecule is CCn1c(C2CCCCC2N)nc2cccnc21. The van der Waals surface area contributed by atoms with E-state index in [-0.39, 0.29) is 6.04 Å². The van der Waals surface area contributed by atoms with Gasteiger partial charge in [0.05, 0.1) is 0 Å². The van der Waals surface area contributed by atoms with E-state index in [9.17, 15) is 0 Å². The van der Waals surface area contributed by atoms with Crippen molar-refractivity contribution in [3.05, 3.63) is 24.2 Å². The predicted octanol–water partition coefficient (Wildman–Crippen LogP) is 2.44. The standard InChI is InChI=1S/C14H20N4/c1-2-18-13(10-6-3-4-7-11(10)15)17-12-8-5-9-16-14(12)18/h5,8-11H,2-4,6-7,15H2,1H3. The summed E-state index contributed by atoms with van der Waals surface area (Å²) in [5, 5.41) is 0. The van der Waals surface area contributed by atoms with E-state index in [1.54, 1.807) is 0 Å². The Labute approximate surface area is 107 Å². The highest BCUT2D eigenvalue weighted by Gasteiger charge is 2.28. The van der Waals surface area contributed by atoms with Gasteiger partial charge in [0.1, 0.15) is 11.3 Å². The third-order valence-corrected chi connectivity index (χ3v) is 4.00. The van der Waals surface area contributed by atoms with E-state index in [4.69, 9.17) is 10.7 Å². The lowest BCUT2D eigenvalue weighted by Gasteiger charge is -2.28. The Kier molecular flexibility index (Phi) is 3.04. The molecular weight excluding hydrogens is 224 g/mol. The van der Waals surface area contributed by atoms with Gasteiger partial charge in [-0.3, -0.25) is 0 Å². The molecule has 0 saturated heterocycles. The Morgan fingerprint density at radius 2 is 2.22 bits per heavy atom. The van der Waals surface area contributed by atoms with Gasteiger partial charge in [-0.15, -0.1) is 0 Å². The fourth-order valence-electron chi connectivity index (χ4n) is 3.05. The average molecular weight is 244 g/mol. The van der Waals surface area contributed by atoms with E-state index < -0.39 is 0 Å². The summed E-state index contributed by atoms with van der Waals surface area (Å²) in [5.41, 5.74) is 8.27.